The quantitative estimate of drug-likeness (QED) is 0.219. The van der Waals surface area contributed by atoms with Crippen molar-refractivity contribution in [2.75, 3.05) is 32.3 Å². The number of rotatable bonds is 10. The van der Waals surface area contributed by atoms with Crippen LogP contribution in [0.25, 0.3) is 11.3 Å². The molecule has 0 bridgehead atoms. The van der Waals surface area contributed by atoms with Crippen molar-refractivity contribution in [3.05, 3.63) is 75.8 Å². The van der Waals surface area contributed by atoms with Crippen molar-refractivity contribution < 1.29 is 17.9 Å². The molecule has 11 heteroatoms. The lowest BCUT2D eigenvalue weighted by molar-refractivity contribution is 0.354. The number of thiazole rings is 1. The highest BCUT2D eigenvalue weighted by Crippen LogP contribution is 2.42. The molecule has 3 heterocycles. The lowest BCUT2D eigenvalue weighted by Crippen LogP contribution is -2.30. The van der Waals surface area contributed by atoms with Crippen molar-refractivity contribution in [2.45, 2.75) is 31.2 Å². The van der Waals surface area contributed by atoms with Crippen molar-refractivity contribution in [1.82, 2.24) is 9.29 Å². The van der Waals surface area contributed by atoms with Crippen molar-refractivity contribution in [3.63, 3.8) is 0 Å². The second kappa shape index (κ2) is 11.5. The average Bonchev–Trinajstić information content (AvgIpc) is 3.74. The number of benzene rings is 2. The number of methoxy groups -OCH3 is 2. The fourth-order valence-electron chi connectivity index (χ4n) is 4.61. The molecule has 1 aliphatic rings. The van der Waals surface area contributed by atoms with Gasteiger partial charge < -0.3 is 9.47 Å². The molecule has 0 N–H and O–H groups in total. The number of hydrogen-bond acceptors (Lipinski definition) is 9. The molecular weight excluding hydrogens is 553 g/mol. The fraction of sp³-hybridized carbons (Fsp3) is 0.286. The molecule has 0 spiro atoms. The van der Waals surface area contributed by atoms with Gasteiger partial charge in [-0.2, -0.15) is 9.41 Å². The second-order valence-corrected chi connectivity index (χ2v) is 12.6. The van der Waals surface area contributed by atoms with E-state index in [-0.39, 0.29) is 10.9 Å². The maximum Gasteiger partial charge on any atom is 0.243 e. The number of aromatic nitrogens is 1. The first kappa shape index (κ1) is 27.3. The maximum atomic E-state index is 12.9. The lowest BCUT2D eigenvalue weighted by Gasteiger charge is -2.22. The summed E-state index contributed by atoms with van der Waals surface area (Å²) in [6, 6.07) is 16.9. The highest BCUT2D eigenvalue weighted by atomic mass is 32.2. The Bertz CT molecular complexity index is 1560. The molecule has 0 saturated carbocycles. The van der Waals surface area contributed by atoms with Crippen LogP contribution in [0.5, 0.6) is 11.5 Å². The third-order valence-electron chi connectivity index (χ3n) is 6.69. The minimum absolute atomic E-state index is 0.0671. The van der Waals surface area contributed by atoms with E-state index in [1.54, 1.807) is 37.7 Å². The molecular formula is C28H30N4O4S3. The Balaban J connectivity index is 1.47. The second-order valence-electron chi connectivity index (χ2n) is 8.83. The zero-order valence-corrected chi connectivity index (χ0v) is 24.6. The zero-order chi connectivity index (χ0) is 27.6. The highest BCUT2D eigenvalue weighted by molar-refractivity contribution is 7.89. The minimum Gasteiger partial charge on any atom is -0.493 e. The van der Waals surface area contributed by atoms with Gasteiger partial charge in [0.15, 0.2) is 11.5 Å². The Kier molecular flexibility index (Phi) is 8.03. The van der Waals surface area contributed by atoms with E-state index < -0.39 is 10.0 Å². The summed E-state index contributed by atoms with van der Waals surface area (Å²) in [5.41, 5.74) is 3.67. The molecule has 1 atom stereocenters. The SMILES string of the molecule is CCN(CC)S(=O)(=O)c1ccc(-c2csc(N3N=C(c4cccs4)CC3c3ccc(OC)c(OC)c3)n2)cc1. The third-order valence-corrected chi connectivity index (χ3v) is 10.5. The summed E-state index contributed by atoms with van der Waals surface area (Å²) < 4.78 is 38.2. The molecule has 2 aromatic carbocycles. The third kappa shape index (κ3) is 5.31. The molecule has 39 heavy (non-hydrogen) atoms. The Morgan fingerprint density at radius 1 is 1.00 bits per heavy atom. The van der Waals surface area contributed by atoms with E-state index in [1.807, 2.05) is 60.6 Å². The van der Waals surface area contributed by atoms with Gasteiger partial charge >= 0.3 is 0 Å². The predicted octanol–water partition coefficient (Wildman–Crippen LogP) is 6.28. The van der Waals surface area contributed by atoms with E-state index in [2.05, 4.69) is 11.4 Å². The number of hydrazone groups is 1. The topological polar surface area (TPSA) is 84.3 Å². The summed E-state index contributed by atoms with van der Waals surface area (Å²) in [5, 5.41) is 11.8. The Hall–Kier alpha value is -3.25. The number of sulfonamides is 1. The lowest BCUT2D eigenvalue weighted by atomic mass is 10.0. The smallest absolute Gasteiger partial charge is 0.243 e. The van der Waals surface area contributed by atoms with Crippen molar-refractivity contribution in [1.29, 1.82) is 0 Å². The molecule has 1 unspecified atom stereocenters. The summed E-state index contributed by atoms with van der Waals surface area (Å²) in [6.07, 6.45) is 0.725. The molecule has 2 aromatic heterocycles. The molecule has 1 aliphatic heterocycles. The van der Waals surface area contributed by atoms with Crippen LogP contribution in [-0.2, 0) is 10.0 Å². The monoisotopic (exact) mass is 582 g/mol. The largest absolute Gasteiger partial charge is 0.493 e. The van der Waals surface area contributed by atoms with Gasteiger partial charge in [-0.25, -0.2) is 18.4 Å². The normalized spacial score (nSPS) is 15.6. The Labute approximate surface area is 237 Å². The van der Waals surface area contributed by atoms with Crippen LogP contribution in [-0.4, -0.2) is 50.7 Å². The van der Waals surface area contributed by atoms with Crippen LogP contribution >= 0.6 is 22.7 Å². The minimum atomic E-state index is -3.51. The molecule has 0 aliphatic carbocycles. The van der Waals surface area contributed by atoms with Crippen LogP contribution in [0.15, 0.2) is 75.4 Å². The van der Waals surface area contributed by atoms with Gasteiger partial charge in [0.05, 0.1) is 41.4 Å². The fourth-order valence-corrected chi connectivity index (χ4v) is 7.62. The first-order valence-corrected chi connectivity index (χ1v) is 15.8. The number of hydrogen-bond donors (Lipinski definition) is 0. The van der Waals surface area contributed by atoms with Gasteiger partial charge in [-0.05, 0) is 41.3 Å². The van der Waals surface area contributed by atoms with Crippen LogP contribution in [0.2, 0.25) is 0 Å². The van der Waals surface area contributed by atoms with Gasteiger partial charge in [-0.15, -0.1) is 22.7 Å². The molecule has 4 aromatic rings. The van der Waals surface area contributed by atoms with Gasteiger partial charge in [0.1, 0.15) is 0 Å². The zero-order valence-electron chi connectivity index (χ0n) is 22.2. The predicted molar refractivity (Wildman–Crippen MR) is 158 cm³/mol. The van der Waals surface area contributed by atoms with Crippen molar-refractivity contribution in [3.8, 4) is 22.8 Å². The summed E-state index contributed by atoms with van der Waals surface area (Å²) in [4.78, 5) is 6.33. The first-order chi connectivity index (χ1) is 18.9. The summed E-state index contributed by atoms with van der Waals surface area (Å²) in [5.74, 6) is 1.34. The van der Waals surface area contributed by atoms with E-state index in [0.717, 1.165) is 39.0 Å². The maximum absolute atomic E-state index is 12.9. The standard InChI is InChI=1S/C28H30N4O4S3/c1-5-31(6-2)39(33,34)21-12-9-19(10-13-21)23-18-38-28(29-23)32-24(17-22(30-32)27-8-7-15-37-27)20-11-14-25(35-3)26(16-20)36-4/h7-16,18,24H,5-6,17H2,1-4H3. The number of nitrogens with zero attached hydrogens (tertiary/aromatic N) is 4. The molecule has 8 nitrogen and oxygen atoms in total. The van der Waals surface area contributed by atoms with Crippen LogP contribution in [0.3, 0.4) is 0 Å². The van der Waals surface area contributed by atoms with Gasteiger partial charge in [0.25, 0.3) is 0 Å². The van der Waals surface area contributed by atoms with Gasteiger partial charge in [-0.3, -0.25) is 0 Å². The van der Waals surface area contributed by atoms with Crippen LogP contribution < -0.4 is 14.5 Å². The average molecular weight is 583 g/mol. The summed E-state index contributed by atoms with van der Waals surface area (Å²) >= 11 is 3.17. The molecule has 0 saturated heterocycles. The molecule has 0 fully saturated rings. The van der Waals surface area contributed by atoms with Crippen LogP contribution in [0, 0.1) is 0 Å². The van der Waals surface area contributed by atoms with Gasteiger partial charge in [0.2, 0.25) is 15.2 Å². The van der Waals surface area contributed by atoms with Crippen LogP contribution in [0.4, 0.5) is 5.13 Å². The molecule has 204 valence electrons. The molecule has 0 amide bonds. The van der Waals surface area contributed by atoms with E-state index in [4.69, 9.17) is 19.6 Å². The van der Waals surface area contributed by atoms with Gasteiger partial charge in [-0.1, -0.05) is 38.1 Å². The number of ether oxygens (including phenoxy) is 2. The van der Waals surface area contributed by atoms with Crippen molar-refractivity contribution in [2.24, 2.45) is 5.10 Å². The Morgan fingerprint density at radius 3 is 2.38 bits per heavy atom. The molecule has 0 radical (unpaired) electrons. The number of anilines is 1. The summed E-state index contributed by atoms with van der Waals surface area (Å²) in [6.45, 7) is 4.54. The summed E-state index contributed by atoms with van der Waals surface area (Å²) in [7, 11) is -0.256. The van der Waals surface area contributed by atoms with Crippen LogP contribution in [0.1, 0.15) is 36.8 Å². The van der Waals surface area contributed by atoms with E-state index in [1.165, 1.54) is 15.6 Å². The van der Waals surface area contributed by atoms with Gasteiger partial charge in [0, 0.05) is 30.5 Å². The first-order valence-electron chi connectivity index (χ1n) is 12.6. The van der Waals surface area contributed by atoms with E-state index in [9.17, 15) is 8.42 Å². The van der Waals surface area contributed by atoms with E-state index in [0.29, 0.717) is 24.6 Å². The Morgan fingerprint density at radius 2 is 1.74 bits per heavy atom. The molecule has 5 rings (SSSR count). The van der Waals surface area contributed by atoms with Crippen molar-refractivity contribution >= 4 is 43.5 Å². The number of thiophene rings is 1. The van der Waals surface area contributed by atoms with E-state index >= 15 is 0 Å². The highest BCUT2D eigenvalue weighted by Gasteiger charge is 2.33.